The summed E-state index contributed by atoms with van der Waals surface area (Å²) in [5.41, 5.74) is 0.649. The van der Waals surface area contributed by atoms with Gasteiger partial charge in [0.25, 0.3) is 0 Å². The Bertz CT molecular complexity index is 563. The van der Waals surface area contributed by atoms with Gasteiger partial charge in [-0.2, -0.15) is 11.8 Å². The highest BCUT2D eigenvalue weighted by atomic mass is 32.2. The summed E-state index contributed by atoms with van der Waals surface area (Å²) in [6, 6.07) is 10.2. The Kier molecular flexibility index (Phi) is 7.82. The third kappa shape index (κ3) is 5.50. The molecule has 1 atom stereocenters. The number of rotatable bonds is 8. The number of likely N-dealkylation sites (tertiary alicyclic amines) is 1. The van der Waals surface area contributed by atoms with Crippen LogP contribution in [0.3, 0.4) is 0 Å². The van der Waals surface area contributed by atoms with Crippen LogP contribution < -0.4 is 0 Å². The quantitative estimate of drug-likeness (QED) is 0.663. The Morgan fingerprint density at radius 1 is 1.28 bits per heavy atom. The highest BCUT2D eigenvalue weighted by Crippen LogP contribution is 2.36. The van der Waals surface area contributed by atoms with E-state index >= 15 is 0 Å². The fourth-order valence-corrected chi connectivity index (χ4v) is 3.86. The number of esters is 1. The van der Waals surface area contributed by atoms with E-state index in [4.69, 9.17) is 4.74 Å². The van der Waals surface area contributed by atoms with Crippen molar-refractivity contribution >= 4 is 23.6 Å². The Labute approximate surface area is 155 Å². The van der Waals surface area contributed by atoms with E-state index in [1.807, 2.05) is 36.3 Å². The number of aryl methyl sites for hydroxylation is 1. The maximum Gasteiger partial charge on any atom is 0.313 e. The molecule has 0 radical (unpaired) electrons. The van der Waals surface area contributed by atoms with Crippen LogP contribution in [0.5, 0.6) is 0 Å². The topological polar surface area (TPSA) is 46.6 Å². The summed E-state index contributed by atoms with van der Waals surface area (Å²) in [4.78, 5) is 27.1. The summed E-state index contributed by atoms with van der Waals surface area (Å²) in [6.45, 7) is 3.46. The van der Waals surface area contributed by atoms with Crippen LogP contribution in [0.15, 0.2) is 30.3 Å². The van der Waals surface area contributed by atoms with E-state index in [1.165, 1.54) is 5.56 Å². The molecule has 1 amide bonds. The molecule has 25 heavy (non-hydrogen) atoms. The maximum atomic E-state index is 12.8. The predicted octanol–water partition coefficient (Wildman–Crippen LogP) is 3.54. The summed E-state index contributed by atoms with van der Waals surface area (Å²) in [6.07, 6.45) is 5.75. The monoisotopic (exact) mass is 363 g/mol. The number of carbonyl (C=O) groups excluding carboxylic acids is 2. The average molecular weight is 364 g/mol. The second-order valence-corrected chi connectivity index (χ2v) is 7.63. The predicted molar refractivity (Wildman–Crippen MR) is 103 cm³/mol. The van der Waals surface area contributed by atoms with Crippen molar-refractivity contribution in [3.63, 3.8) is 0 Å². The molecule has 1 saturated heterocycles. The van der Waals surface area contributed by atoms with Gasteiger partial charge in [-0.05, 0) is 44.4 Å². The number of amides is 1. The van der Waals surface area contributed by atoms with Crippen LogP contribution in [0.4, 0.5) is 0 Å². The summed E-state index contributed by atoms with van der Waals surface area (Å²) < 4.78 is 5.40. The number of hydrogen-bond donors (Lipinski definition) is 0. The molecule has 0 N–H and O–H groups in total. The molecule has 138 valence electrons. The molecular weight excluding hydrogens is 334 g/mol. The Hall–Kier alpha value is -1.49. The highest BCUT2D eigenvalue weighted by Gasteiger charge is 2.44. The molecule has 0 aromatic heterocycles. The van der Waals surface area contributed by atoms with Crippen molar-refractivity contribution in [3.8, 4) is 0 Å². The largest absolute Gasteiger partial charge is 0.466 e. The number of ether oxygens (including phenoxy) is 1. The number of hydrogen-bond acceptors (Lipinski definition) is 4. The number of nitrogens with zero attached hydrogens (tertiary/aromatic N) is 1. The molecule has 1 aromatic carbocycles. The lowest BCUT2D eigenvalue weighted by Crippen LogP contribution is -2.50. The number of piperidine rings is 1. The van der Waals surface area contributed by atoms with E-state index in [0.717, 1.165) is 38.0 Å². The fourth-order valence-electron chi connectivity index (χ4n) is 3.48. The summed E-state index contributed by atoms with van der Waals surface area (Å²) >= 11 is 1.68. The van der Waals surface area contributed by atoms with Gasteiger partial charge in [-0.25, -0.2) is 0 Å². The zero-order valence-corrected chi connectivity index (χ0v) is 16.1. The van der Waals surface area contributed by atoms with Crippen LogP contribution in [-0.2, 0) is 20.7 Å². The zero-order valence-electron chi connectivity index (χ0n) is 15.3. The molecule has 1 heterocycles. The van der Waals surface area contributed by atoms with E-state index < -0.39 is 5.41 Å². The molecule has 2 rings (SSSR count). The van der Waals surface area contributed by atoms with Crippen molar-refractivity contribution < 1.29 is 14.3 Å². The molecule has 1 fully saturated rings. The van der Waals surface area contributed by atoms with Gasteiger partial charge in [0.15, 0.2) is 0 Å². The summed E-state index contributed by atoms with van der Waals surface area (Å²) in [7, 11) is 0. The maximum absolute atomic E-state index is 12.8. The highest BCUT2D eigenvalue weighted by molar-refractivity contribution is 7.98. The Balaban J connectivity index is 2.10. The smallest absolute Gasteiger partial charge is 0.313 e. The lowest BCUT2D eigenvalue weighted by molar-refractivity contribution is -0.161. The van der Waals surface area contributed by atoms with Crippen LogP contribution in [-0.4, -0.2) is 48.5 Å². The first-order valence-corrected chi connectivity index (χ1v) is 10.5. The summed E-state index contributed by atoms with van der Waals surface area (Å²) in [5.74, 6) is 0.835. The molecule has 0 aliphatic carbocycles. The molecular formula is C20H29NO3S. The van der Waals surface area contributed by atoms with Crippen molar-refractivity contribution in [3.05, 3.63) is 35.9 Å². The lowest BCUT2D eigenvalue weighted by atomic mass is 9.75. The Morgan fingerprint density at radius 3 is 2.72 bits per heavy atom. The van der Waals surface area contributed by atoms with E-state index in [2.05, 4.69) is 12.1 Å². The van der Waals surface area contributed by atoms with Gasteiger partial charge in [0.2, 0.25) is 5.91 Å². The van der Waals surface area contributed by atoms with Crippen LogP contribution in [0.1, 0.15) is 38.2 Å². The van der Waals surface area contributed by atoms with Crippen molar-refractivity contribution in [2.75, 3.05) is 31.7 Å². The van der Waals surface area contributed by atoms with Crippen molar-refractivity contribution in [1.29, 1.82) is 0 Å². The van der Waals surface area contributed by atoms with E-state index in [9.17, 15) is 9.59 Å². The number of carbonyl (C=O) groups is 2. The molecule has 5 heteroatoms. The molecule has 1 aromatic rings. The first-order chi connectivity index (χ1) is 12.1. The minimum atomic E-state index is -0.570. The number of benzene rings is 1. The molecule has 4 nitrogen and oxygen atoms in total. The molecule has 1 aliphatic heterocycles. The SMILES string of the molecule is CCOC(=O)[C@@]1(CCc2ccccc2)CCCN(C(=O)CCSC)C1. The lowest BCUT2D eigenvalue weighted by Gasteiger charge is -2.41. The third-order valence-corrected chi connectivity index (χ3v) is 5.51. The molecule has 1 aliphatic rings. The van der Waals surface area contributed by atoms with Gasteiger partial charge in [0, 0.05) is 25.3 Å². The Morgan fingerprint density at radius 2 is 2.04 bits per heavy atom. The van der Waals surface area contributed by atoms with Gasteiger partial charge in [-0.3, -0.25) is 9.59 Å². The fraction of sp³-hybridized carbons (Fsp3) is 0.600. The second kappa shape index (κ2) is 9.85. The first kappa shape index (κ1) is 19.8. The van der Waals surface area contributed by atoms with Gasteiger partial charge < -0.3 is 9.64 Å². The van der Waals surface area contributed by atoms with Gasteiger partial charge in [0.1, 0.15) is 0 Å². The van der Waals surface area contributed by atoms with Crippen molar-refractivity contribution in [2.24, 2.45) is 5.41 Å². The zero-order chi connectivity index (χ0) is 18.1. The standard InChI is InChI=1S/C20H29NO3S/c1-3-24-19(23)20(13-10-17-8-5-4-6-9-17)12-7-14-21(16-20)18(22)11-15-25-2/h4-6,8-9H,3,7,10-16H2,1-2H3/t20-/m1/s1. The van der Waals surface area contributed by atoms with Crippen LogP contribution in [0.2, 0.25) is 0 Å². The molecule has 0 unspecified atom stereocenters. The van der Waals surface area contributed by atoms with Gasteiger partial charge >= 0.3 is 5.97 Å². The molecule has 0 saturated carbocycles. The third-order valence-electron chi connectivity index (χ3n) is 4.89. The number of thioether (sulfide) groups is 1. The molecule has 0 spiro atoms. The van der Waals surface area contributed by atoms with Gasteiger partial charge in [-0.1, -0.05) is 30.3 Å². The van der Waals surface area contributed by atoms with Gasteiger partial charge in [-0.15, -0.1) is 0 Å². The van der Waals surface area contributed by atoms with E-state index in [0.29, 0.717) is 19.6 Å². The van der Waals surface area contributed by atoms with Crippen molar-refractivity contribution in [2.45, 2.75) is 39.0 Å². The summed E-state index contributed by atoms with van der Waals surface area (Å²) in [5, 5.41) is 0. The minimum absolute atomic E-state index is 0.145. The average Bonchev–Trinajstić information content (AvgIpc) is 2.65. The first-order valence-electron chi connectivity index (χ1n) is 9.09. The van der Waals surface area contributed by atoms with Crippen LogP contribution in [0.25, 0.3) is 0 Å². The minimum Gasteiger partial charge on any atom is -0.466 e. The van der Waals surface area contributed by atoms with Gasteiger partial charge in [0.05, 0.1) is 12.0 Å². The second-order valence-electron chi connectivity index (χ2n) is 6.65. The van der Waals surface area contributed by atoms with E-state index in [1.54, 1.807) is 11.8 Å². The molecule has 0 bridgehead atoms. The normalized spacial score (nSPS) is 20.3. The van der Waals surface area contributed by atoms with Crippen LogP contribution in [0, 0.1) is 5.41 Å². The van der Waals surface area contributed by atoms with Crippen LogP contribution >= 0.6 is 11.8 Å². The van der Waals surface area contributed by atoms with E-state index in [-0.39, 0.29) is 11.9 Å². The van der Waals surface area contributed by atoms with Crippen molar-refractivity contribution in [1.82, 2.24) is 4.90 Å².